The maximum Gasteiger partial charge on any atom is 0.253 e. The van der Waals surface area contributed by atoms with Crippen LogP contribution in [-0.2, 0) is 11.3 Å². The highest BCUT2D eigenvalue weighted by Crippen LogP contribution is 2.19. The quantitative estimate of drug-likeness (QED) is 0.647. The number of nitrogens with one attached hydrogen (secondary N) is 1. The maximum atomic E-state index is 12.9. The maximum absolute atomic E-state index is 12.9. The van der Waals surface area contributed by atoms with E-state index in [1.807, 2.05) is 61.2 Å². The molecule has 8 heteroatoms. The molecule has 1 aliphatic rings. The van der Waals surface area contributed by atoms with Crippen LogP contribution in [0.1, 0.15) is 27.0 Å². The molecule has 32 heavy (non-hydrogen) atoms. The van der Waals surface area contributed by atoms with Crippen molar-refractivity contribution in [2.45, 2.75) is 20.4 Å². The summed E-state index contributed by atoms with van der Waals surface area (Å²) in [6.45, 7) is 7.51. The third-order valence-corrected chi connectivity index (χ3v) is 5.78. The van der Waals surface area contributed by atoms with Gasteiger partial charge in [0.1, 0.15) is 12.7 Å². The van der Waals surface area contributed by atoms with Crippen molar-refractivity contribution in [1.29, 1.82) is 0 Å². The standard InChI is InChI=1S/C24H28N6O2/c1-18-4-3-5-19(2)23(18)27-22(31)15-28-10-12-29(13-11-28)24(32)21-8-6-20(7-9-21)14-30-17-25-16-26-30/h3-9,16-17H,10-15H2,1-2H3,(H,27,31). The molecule has 1 fully saturated rings. The van der Waals surface area contributed by atoms with Crippen LogP contribution < -0.4 is 5.32 Å². The number of carbonyl (C=O) groups excluding carboxylic acids is 2. The largest absolute Gasteiger partial charge is 0.336 e. The summed E-state index contributed by atoms with van der Waals surface area (Å²) in [5.74, 6) is 0.00193. The number of para-hydroxylation sites is 1. The predicted molar refractivity (Wildman–Crippen MR) is 122 cm³/mol. The van der Waals surface area contributed by atoms with Gasteiger partial charge in [-0.05, 0) is 42.7 Å². The van der Waals surface area contributed by atoms with Crippen molar-refractivity contribution in [2.24, 2.45) is 0 Å². The van der Waals surface area contributed by atoms with Crippen molar-refractivity contribution in [3.05, 3.63) is 77.4 Å². The molecule has 0 aliphatic carbocycles. The summed E-state index contributed by atoms with van der Waals surface area (Å²) < 4.78 is 1.74. The highest BCUT2D eigenvalue weighted by Gasteiger charge is 2.23. The normalized spacial score (nSPS) is 14.4. The third kappa shape index (κ3) is 5.20. The van der Waals surface area contributed by atoms with Crippen LogP contribution in [0.4, 0.5) is 5.69 Å². The second-order valence-electron chi connectivity index (χ2n) is 8.17. The fraction of sp³-hybridized carbons (Fsp3) is 0.333. The first-order valence-corrected chi connectivity index (χ1v) is 10.8. The number of piperazine rings is 1. The van der Waals surface area contributed by atoms with Gasteiger partial charge in [-0.1, -0.05) is 30.3 Å². The van der Waals surface area contributed by atoms with Crippen molar-refractivity contribution in [2.75, 3.05) is 38.0 Å². The molecule has 1 aromatic heterocycles. The van der Waals surface area contributed by atoms with E-state index < -0.39 is 0 Å². The van der Waals surface area contributed by atoms with Gasteiger partial charge in [-0.3, -0.25) is 14.5 Å². The Kier molecular flexibility index (Phi) is 6.61. The van der Waals surface area contributed by atoms with E-state index in [1.165, 1.54) is 6.33 Å². The zero-order chi connectivity index (χ0) is 22.5. The molecule has 2 heterocycles. The first kappa shape index (κ1) is 21.7. The molecule has 3 aromatic rings. The average molecular weight is 433 g/mol. The summed E-state index contributed by atoms with van der Waals surface area (Å²) in [5, 5.41) is 7.13. The number of rotatable bonds is 6. The number of hydrogen-bond donors (Lipinski definition) is 1. The number of aromatic nitrogens is 3. The van der Waals surface area contributed by atoms with Gasteiger partial charge in [-0.25, -0.2) is 9.67 Å². The molecule has 8 nitrogen and oxygen atoms in total. The van der Waals surface area contributed by atoms with Crippen LogP contribution in [0.3, 0.4) is 0 Å². The molecule has 0 saturated carbocycles. The second kappa shape index (κ2) is 9.74. The Balaban J connectivity index is 1.27. The van der Waals surface area contributed by atoms with E-state index >= 15 is 0 Å². The van der Waals surface area contributed by atoms with E-state index in [4.69, 9.17) is 0 Å². The first-order valence-electron chi connectivity index (χ1n) is 10.8. The average Bonchev–Trinajstić information content (AvgIpc) is 3.30. The Morgan fingerprint density at radius 3 is 2.28 bits per heavy atom. The molecule has 1 aliphatic heterocycles. The predicted octanol–water partition coefficient (Wildman–Crippen LogP) is 2.34. The zero-order valence-corrected chi connectivity index (χ0v) is 18.5. The van der Waals surface area contributed by atoms with E-state index in [0.29, 0.717) is 44.8 Å². The minimum absolute atomic E-state index is 0.0230. The molecule has 1 N–H and O–H groups in total. The lowest BCUT2D eigenvalue weighted by Crippen LogP contribution is -2.50. The smallest absolute Gasteiger partial charge is 0.253 e. The summed E-state index contributed by atoms with van der Waals surface area (Å²) in [5.41, 5.74) is 4.74. The lowest BCUT2D eigenvalue weighted by molar-refractivity contribution is -0.117. The van der Waals surface area contributed by atoms with Gasteiger partial charge in [-0.2, -0.15) is 5.10 Å². The number of aryl methyl sites for hydroxylation is 2. The van der Waals surface area contributed by atoms with Crippen LogP contribution in [0.5, 0.6) is 0 Å². The lowest BCUT2D eigenvalue weighted by Gasteiger charge is -2.34. The van der Waals surface area contributed by atoms with E-state index in [9.17, 15) is 9.59 Å². The fourth-order valence-corrected chi connectivity index (χ4v) is 3.94. The van der Waals surface area contributed by atoms with Crippen LogP contribution in [0.25, 0.3) is 0 Å². The highest BCUT2D eigenvalue weighted by molar-refractivity contribution is 5.95. The van der Waals surface area contributed by atoms with Gasteiger partial charge in [0, 0.05) is 37.4 Å². The molecule has 0 bridgehead atoms. The summed E-state index contributed by atoms with van der Waals surface area (Å²) in [6, 6.07) is 13.6. The van der Waals surface area contributed by atoms with Crippen molar-refractivity contribution >= 4 is 17.5 Å². The highest BCUT2D eigenvalue weighted by atomic mass is 16.2. The van der Waals surface area contributed by atoms with Crippen LogP contribution in [0, 0.1) is 13.8 Å². The van der Waals surface area contributed by atoms with Crippen molar-refractivity contribution in [1.82, 2.24) is 24.6 Å². The van der Waals surface area contributed by atoms with E-state index in [2.05, 4.69) is 20.3 Å². The van der Waals surface area contributed by atoms with Crippen LogP contribution in [0.2, 0.25) is 0 Å². The number of carbonyl (C=O) groups is 2. The van der Waals surface area contributed by atoms with Gasteiger partial charge in [0.25, 0.3) is 5.91 Å². The van der Waals surface area contributed by atoms with Crippen LogP contribution in [-0.4, -0.2) is 69.1 Å². The Hall–Kier alpha value is -3.52. The molecule has 0 radical (unpaired) electrons. The van der Waals surface area contributed by atoms with Gasteiger partial charge < -0.3 is 10.2 Å². The van der Waals surface area contributed by atoms with E-state index in [-0.39, 0.29) is 11.8 Å². The molecule has 2 amide bonds. The number of anilines is 1. The third-order valence-electron chi connectivity index (χ3n) is 5.78. The lowest BCUT2D eigenvalue weighted by atomic mass is 10.1. The summed E-state index contributed by atoms with van der Waals surface area (Å²) >= 11 is 0. The molecule has 166 valence electrons. The minimum atomic E-state index is -0.0230. The van der Waals surface area contributed by atoms with Crippen molar-refractivity contribution in [3.63, 3.8) is 0 Å². The van der Waals surface area contributed by atoms with E-state index in [1.54, 1.807) is 11.0 Å². The van der Waals surface area contributed by atoms with Gasteiger partial charge in [0.15, 0.2) is 0 Å². The molecule has 0 spiro atoms. The molecule has 0 atom stereocenters. The zero-order valence-electron chi connectivity index (χ0n) is 18.5. The molecule has 1 saturated heterocycles. The van der Waals surface area contributed by atoms with Crippen LogP contribution >= 0.6 is 0 Å². The Labute approximate surface area is 187 Å². The number of nitrogens with zero attached hydrogens (tertiary/aromatic N) is 5. The van der Waals surface area contributed by atoms with Gasteiger partial charge in [0.05, 0.1) is 13.1 Å². The molecule has 2 aromatic carbocycles. The van der Waals surface area contributed by atoms with Gasteiger partial charge in [-0.15, -0.1) is 0 Å². The first-order chi connectivity index (χ1) is 15.5. The molecule has 4 rings (SSSR count). The molecular formula is C24H28N6O2. The summed E-state index contributed by atoms with van der Waals surface area (Å²) in [6.07, 6.45) is 3.17. The monoisotopic (exact) mass is 432 g/mol. The Morgan fingerprint density at radius 1 is 0.969 bits per heavy atom. The molecular weight excluding hydrogens is 404 g/mol. The number of hydrogen-bond acceptors (Lipinski definition) is 5. The second-order valence-corrected chi connectivity index (χ2v) is 8.17. The van der Waals surface area contributed by atoms with Crippen LogP contribution in [0.15, 0.2) is 55.1 Å². The van der Waals surface area contributed by atoms with Gasteiger partial charge in [0.2, 0.25) is 5.91 Å². The SMILES string of the molecule is Cc1cccc(C)c1NC(=O)CN1CCN(C(=O)c2ccc(Cn3cncn3)cc2)CC1. The minimum Gasteiger partial charge on any atom is -0.336 e. The fourth-order valence-electron chi connectivity index (χ4n) is 3.94. The van der Waals surface area contributed by atoms with Gasteiger partial charge >= 0.3 is 0 Å². The topological polar surface area (TPSA) is 83.4 Å². The number of benzene rings is 2. The summed E-state index contributed by atoms with van der Waals surface area (Å²) in [7, 11) is 0. The Morgan fingerprint density at radius 2 is 1.66 bits per heavy atom. The van der Waals surface area contributed by atoms with Crippen molar-refractivity contribution < 1.29 is 9.59 Å². The Bertz CT molecular complexity index is 1050. The summed E-state index contributed by atoms with van der Waals surface area (Å²) in [4.78, 5) is 33.3. The van der Waals surface area contributed by atoms with Crippen molar-refractivity contribution in [3.8, 4) is 0 Å². The van der Waals surface area contributed by atoms with E-state index in [0.717, 1.165) is 22.4 Å². The molecule has 0 unspecified atom stereocenters. The number of amides is 2.